The third kappa shape index (κ3) is 4.44. The number of aryl methyl sites for hydroxylation is 1. The minimum Gasteiger partial charge on any atom is -0.360 e. The number of nitrogens with zero attached hydrogens (tertiary/aromatic N) is 1. The molecule has 0 aliphatic rings. The highest BCUT2D eigenvalue weighted by Gasteiger charge is 2.23. The number of carbonyl (C=O) groups is 1. The molecule has 1 amide bonds. The van der Waals surface area contributed by atoms with Gasteiger partial charge in [-0.25, -0.2) is 8.42 Å². The third-order valence-electron chi connectivity index (χ3n) is 2.81. The fraction of sp³-hybridized carbons (Fsp3) is 0.231. The molecule has 1 heterocycles. The van der Waals surface area contributed by atoms with E-state index in [4.69, 9.17) is 27.7 Å². The summed E-state index contributed by atoms with van der Waals surface area (Å²) in [6, 6.07) is 4.34. The zero-order valence-electron chi connectivity index (χ0n) is 12.1. The molecule has 0 fully saturated rings. The Morgan fingerprint density at radius 1 is 1.26 bits per heavy atom. The minimum absolute atomic E-state index is 0.0937. The van der Waals surface area contributed by atoms with Crippen LogP contribution >= 0.6 is 23.2 Å². The molecule has 0 radical (unpaired) electrons. The molecule has 1 aromatic heterocycles. The van der Waals surface area contributed by atoms with Crippen LogP contribution < -0.4 is 10.0 Å². The molecule has 2 N–H and O–H groups in total. The van der Waals surface area contributed by atoms with Gasteiger partial charge in [-0.2, -0.15) is 4.72 Å². The number of benzene rings is 1. The fourth-order valence-electron chi connectivity index (χ4n) is 1.66. The Kier molecular flexibility index (Phi) is 5.30. The van der Waals surface area contributed by atoms with E-state index < -0.39 is 22.0 Å². The number of sulfonamides is 1. The predicted octanol–water partition coefficient (Wildman–Crippen LogP) is 2.60. The Morgan fingerprint density at radius 3 is 2.52 bits per heavy atom. The number of nitrogens with one attached hydrogen (secondary N) is 2. The summed E-state index contributed by atoms with van der Waals surface area (Å²) >= 11 is 11.6. The van der Waals surface area contributed by atoms with E-state index in [1.165, 1.54) is 31.2 Å². The SMILES string of the molecule is Cc1cc(NC(=O)[C@H](C)NS(=O)(=O)c2ccc(Cl)c(Cl)c2)no1. The molecule has 10 heteroatoms. The van der Waals surface area contributed by atoms with Gasteiger partial charge in [-0.05, 0) is 32.0 Å². The Labute approximate surface area is 143 Å². The number of halogens is 2. The standard InChI is InChI=1S/C13H13Cl2N3O4S/c1-7-5-12(17-22-7)16-13(19)8(2)18-23(20,21)9-3-4-10(14)11(15)6-9/h3-6,8,18H,1-2H3,(H,16,17,19)/t8-/m0/s1. The van der Waals surface area contributed by atoms with Crippen LogP contribution in [-0.4, -0.2) is 25.5 Å². The lowest BCUT2D eigenvalue weighted by Crippen LogP contribution is -2.41. The normalized spacial score (nSPS) is 12.9. The number of aromatic nitrogens is 1. The van der Waals surface area contributed by atoms with Crippen LogP contribution in [0.15, 0.2) is 33.7 Å². The highest BCUT2D eigenvalue weighted by molar-refractivity contribution is 7.89. The average molecular weight is 378 g/mol. The van der Waals surface area contributed by atoms with Crippen molar-refractivity contribution < 1.29 is 17.7 Å². The van der Waals surface area contributed by atoms with E-state index in [0.717, 1.165) is 0 Å². The number of hydrogen-bond donors (Lipinski definition) is 2. The topological polar surface area (TPSA) is 101 Å². The summed E-state index contributed by atoms with van der Waals surface area (Å²) in [5.41, 5.74) is 0. The maximum atomic E-state index is 12.2. The van der Waals surface area contributed by atoms with Gasteiger partial charge in [0, 0.05) is 6.07 Å². The van der Waals surface area contributed by atoms with Gasteiger partial charge in [0.1, 0.15) is 5.76 Å². The van der Waals surface area contributed by atoms with Gasteiger partial charge in [-0.1, -0.05) is 28.4 Å². The number of hydrogen-bond acceptors (Lipinski definition) is 5. The van der Waals surface area contributed by atoms with Crippen molar-refractivity contribution in [3.05, 3.63) is 40.1 Å². The summed E-state index contributed by atoms with van der Waals surface area (Å²) in [4.78, 5) is 11.9. The van der Waals surface area contributed by atoms with Crippen LogP contribution in [0.3, 0.4) is 0 Å². The molecule has 23 heavy (non-hydrogen) atoms. The molecule has 0 spiro atoms. The van der Waals surface area contributed by atoms with E-state index in [1.54, 1.807) is 6.92 Å². The van der Waals surface area contributed by atoms with Crippen LogP contribution in [0.25, 0.3) is 0 Å². The monoisotopic (exact) mass is 377 g/mol. The number of carbonyl (C=O) groups excluding carboxylic acids is 1. The molecular formula is C13H13Cl2N3O4S. The second kappa shape index (κ2) is 6.88. The second-order valence-corrected chi connectivity index (χ2v) is 7.26. The molecule has 2 rings (SSSR count). The first-order valence-electron chi connectivity index (χ1n) is 6.40. The van der Waals surface area contributed by atoms with Crippen LogP contribution in [0.5, 0.6) is 0 Å². The van der Waals surface area contributed by atoms with Crippen LogP contribution in [0.4, 0.5) is 5.82 Å². The van der Waals surface area contributed by atoms with Crippen molar-refractivity contribution in [3.63, 3.8) is 0 Å². The number of anilines is 1. The van der Waals surface area contributed by atoms with Gasteiger partial charge in [0.25, 0.3) is 0 Å². The number of amides is 1. The fourth-order valence-corrected chi connectivity index (χ4v) is 3.25. The van der Waals surface area contributed by atoms with E-state index in [2.05, 4.69) is 15.2 Å². The van der Waals surface area contributed by atoms with E-state index in [1.807, 2.05) is 0 Å². The molecule has 0 saturated heterocycles. The van der Waals surface area contributed by atoms with E-state index >= 15 is 0 Å². The van der Waals surface area contributed by atoms with E-state index in [0.29, 0.717) is 5.76 Å². The smallest absolute Gasteiger partial charge is 0.243 e. The summed E-state index contributed by atoms with van der Waals surface area (Å²) in [7, 11) is -3.93. The molecule has 0 bridgehead atoms. The lowest BCUT2D eigenvalue weighted by atomic mass is 10.3. The molecule has 2 aromatic rings. The van der Waals surface area contributed by atoms with Gasteiger partial charge in [-0.15, -0.1) is 0 Å². The largest absolute Gasteiger partial charge is 0.360 e. The van der Waals surface area contributed by atoms with Crippen LogP contribution in [0, 0.1) is 6.92 Å². The Morgan fingerprint density at radius 2 is 1.96 bits per heavy atom. The quantitative estimate of drug-likeness (QED) is 0.833. The van der Waals surface area contributed by atoms with Gasteiger partial charge >= 0.3 is 0 Å². The van der Waals surface area contributed by atoms with Gasteiger partial charge in [0.2, 0.25) is 15.9 Å². The third-order valence-corrected chi connectivity index (χ3v) is 5.08. The van der Waals surface area contributed by atoms with Crippen LogP contribution in [-0.2, 0) is 14.8 Å². The molecule has 0 aliphatic heterocycles. The molecule has 124 valence electrons. The molecule has 0 aliphatic carbocycles. The predicted molar refractivity (Wildman–Crippen MR) is 86.1 cm³/mol. The van der Waals surface area contributed by atoms with Crippen molar-refractivity contribution in [1.29, 1.82) is 0 Å². The van der Waals surface area contributed by atoms with Gasteiger partial charge in [0.05, 0.1) is 21.0 Å². The summed E-state index contributed by atoms with van der Waals surface area (Å²) < 4.78 is 31.5. The van der Waals surface area contributed by atoms with Gasteiger partial charge in [0.15, 0.2) is 5.82 Å². The zero-order chi connectivity index (χ0) is 17.2. The summed E-state index contributed by atoms with van der Waals surface area (Å²) in [5.74, 6) is 0.138. The van der Waals surface area contributed by atoms with Gasteiger partial charge in [-0.3, -0.25) is 4.79 Å². The van der Waals surface area contributed by atoms with Crippen molar-refractivity contribution in [2.45, 2.75) is 24.8 Å². The first-order chi connectivity index (χ1) is 10.7. The first kappa shape index (κ1) is 17.7. The summed E-state index contributed by atoms with van der Waals surface area (Å²) in [6.45, 7) is 3.07. The minimum atomic E-state index is -3.93. The van der Waals surface area contributed by atoms with E-state index in [9.17, 15) is 13.2 Å². The summed E-state index contributed by atoms with van der Waals surface area (Å²) in [6.07, 6.45) is 0. The molecule has 0 saturated carbocycles. The number of rotatable bonds is 5. The zero-order valence-corrected chi connectivity index (χ0v) is 14.5. The second-order valence-electron chi connectivity index (χ2n) is 4.73. The first-order valence-corrected chi connectivity index (χ1v) is 8.64. The molecular weight excluding hydrogens is 365 g/mol. The molecule has 0 unspecified atom stereocenters. The van der Waals surface area contributed by atoms with Crippen molar-refractivity contribution in [3.8, 4) is 0 Å². The summed E-state index contributed by atoms with van der Waals surface area (Å²) in [5, 5.41) is 6.37. The van der Waals surface area contributed by atoms with Crippen molar-refractivity contribution in [2.24, 2.45) is 0 Å². The maximum absolute atomic E-state index is 12.2. The average Bonchev–Trinajstić information content (AvgIpc) is 2.86. The van der Waals surface area contributed by atoms with Crippen molar-refractivity contribution >= 4 is 45.0 Å². The highest BCUT2D eigenvalue weighted by atomic mass is 35.5. The van der Waals surface area contributed by atoms with Crippen molar-refractivity contribution in [1.82, 2.24) is 9.88 Å². The lowest BCUT2D eigenvalue weighted by Gasteiger charge is -2.13. The Hall–Kier alpha value is -1.61. The molecule has 1 aromatic carbocycles. The Balaban J connectivity index is 2.09. The van der Waals surface area contributed by atoms with Crippen molar-refractivity contribution in [2.75, 3.05) is 5.32 Å². The highest BCUT2D eigenvalue weighted by Crippen LogP contribution is 2.24. The molecule has 1 atom stereocenters. The van der Waals surface area contributed by atoms with Crippen LogP contribution in [0.2, 0.25) is 10.0 Å². The Bertz CT molecular complexity index is 835. The van der Waals surface area contributed by atoms with E-state index in [-0.39, 0.29) is 20.8 Å². The molecule has 7 nitrogen and oxygen atoms in total. The van der Waals surface area contributed by atoms with Gasteiger partial charge < -0.3 is 9.84 Å². The maximum Gasteiger partial charge on any atom is 0.243 e. The van der Waals surface area contributed by atoms with Crippen LogP contribution in [0.1, 0.15) is 12.7 Å². The lowest BCUT2D eigenvalue weighted by molar-refractivity contribution is -0.117.